The van der Waals surface area contributed by atoms with E-state index in [2.05, 4.69) is 30.3 Å². The predicted octanol–water partition coefficient (Wildman–Crippen LogP) is 6.44. The average molecular weight is 327 g/mol. The standard InChI is InChI=1S/C17H24Cl2N2/c1-4-5-6-7-8-9-17(2,3)21-12-20-15-10-13(18)14(19)11-16(15)21/h10-12H,4-9H2,1-3H3. The molecule has 0 bridgehead atoms. The van der Waals surface area contributed by atoms with Gasteiger partial charge in [-0.15, -0.1) is 0 Å². The number of halogens is 2. The molecule has 0 aliphatic rings. The minimum Gasteiger partial charge on any atom is -0.325 e. The highest BCUT2D eigenvalue weighted by Gasteiger charge is 2.22. The fraction of sp³-hybridized carbons (Fsp3) is 0.588. The van der Waals surface area contributed by atoms with Crippen molar-refractivity contribution in [2.75, 3.05) is 0 Å². The second kappa shape index (κ2) is 7.02. The summed E-state index contributed by atoms with van der Waals surface area (Å²) in [5.74, 6) is 0. The summed E-state index contributed by atoms with van der Waals surface area (Å²) in [6.45, 7) is 6.77. The number of unbranched alkanes of at least 4 members (excludes halogenated alkanes) is 4. The van der Waals surface area contributed by atoms with Gasteiger partial charge in [-0.1, -0.05) is 62.2 Å². The Hall–Kier alpha value is -0.730. The van der Waals surface area contributed by atoms with Crippen LogP contribution in [-0.2, 0) is 5.54 Å². The summed E-state index contributed by atoms with van der Waals surface area (Å²) in [6, 6.07) is 3.76. The molecular weight excluding hydrogens is 303 g/mol. The van der Waals surface area contributed by atoms with Crippen LogP contribution in [0.15, 0.2) is 18.5 Å². The lowest BCUT2D eigenvalue weighted by atomic mass is 9.95. The molecule has 4 heteroatoms. The Balaban J connectivity index is 2.14. The second-order valence-corrected chi connectivity index (χ2v) is 7.16. The molecule has 2 rings (SSSR count). The number of hydrogen-bond donors (Lipinski definition) is 0. The van der Waals surface area contributed by atoms with Crippen LogP contribution >= 0.6 is 23.2 Å². The van der Waals surface area contributed by atoms with Crippen molar-refractivity contribution in [1.29, 1.82) is 0 Å². The van der Waals surface area contributed by atoms with Crippen LogP contribution in [-0.4, -0.2) is 9.55 Å². The Morgan fingerprint density at radius 2 is 1.71 bits per heavy atom. The molecule has 0 spiro atoms. The number of imidazole rings is 1. The summed E-state index contributed by atoms with van der Waals surface area (Å²) >= 11 is 12.2. The Morgan fingerprint density at radius 3 is 2.43 bits per heavy atom. The molecular formula is C17H24Cl2N2. The first kappa shape index (κ1) is 16.6. The van der Waals surface area contributed by atoms with Crippen molar-refractivity contribution >= 4 is 34.2 Å². The lowest BCUT2D eigenvalue weighted by Gasteiger charge is -2.27. The molecule has 0 aliphatic carbocycles. The van der Waals surface area contributed by atoms with Gasteiger partial charge in [0, 0.05) is 5.54 Å². The molecule has 2 aromatic rings. The van der Waals surface area contributed by atoms with Gasteiger partial charge < -0.3 is 4.57 Å². The maximum Gasteiger partial charge on any atom is 0.0963 e. The molecule has 1 aromatic carbocycles. The minimum absolute atomic E-state index is 0.0398. The van der Waals surface area contributed by atoms with Gasteiger partial charge in [0.15, 0.2) is 0 Å². The maximum atomic E-state index is 6.16. The lowest BCUT2D eigenvalue weighted by molar-refractivity contribution is 0.321. The fourth-order valence-corrected chi connectivity index (χ4v) is 3.08. The Labute approximate surface area is 137 Å². The molecule has 0 atom stereocenters. The Morgan fingerprint density at radius 1 is 1.05 bits per heavy atom. The van der Waals surface area contributed by atoms with E-state index in [9.17, 15) is 0 Å². The van der Waals surface area contributed by atoms with E-state index in [-0.39, 0.29) is 5.54 Å². The molecule has 1 heterocycles. The molecule has 2 nitrogen and oxygen atoms in total. The number of hydrogen-bond acceptors (Lipinski definition) is 1. The van der Waals surface area contributed by atoms with E-state index in [1.807, 2.05) is 18.5 Å². The summed E-state index contributed by atoms with van der Waals surface area (Å²) in [5.41, 5.74) is 2.00. The fourth-order valence-electron chi connectivity index (χ4n) is 2.77. The van der Waals surface area contributed by atoms with Gasteiger partial charge in [-0.2, -0.15) is 0 Å². The lowest BCUT2D eigenvalue weighted by Crippen LogP contribution is -2.25. The summed E-state index contributed by atoms with van der Waals surface area (Å²) in [4.78, 5) is 4.46. The van der Waals surface area contributed by atoms with Gasteiger partial charge in [0.05, 0.1) is 27.4 Å². The van der Waals surface area contributed by atoms with Crippen LogP contribution in [0.2, 0.25) is 10.0 Å². The first-order valence-corrected chi connectivity index (χ1v) is 8.54. The van der Waals surface area contributed by atoms with Crippen LogP contribution < -0.4 is 0 Å². The van der Waals surface area contributed by atoms with Gasteiger partial charge >= 0.3 is 0 Å². The first-order valence-electron chi connectivity index (χ1n) is 7.78. The van der Waals surface area contributed by atoms with Crippen LogP contribution in [0.25, 0.3) is 11.0 Å². The largest absolute Gasteiger partial charge is 0.325 e. The van der Waals surface area contributed by atoms with Gasteiger partial charge in [0.1, 0.15) is 0 Å². The van der Waals surface area contributed by atoms with Gasteiger partial charge in [0.25, 0.3) is 0 Å². The topological polar surface area (TPSA) is 17.8 Å². The summed E-state index contributed by atoms with van der Waals surface area (Å²) in [7, 11) is 0. The highest BCUT2D eigenvalue weighted by atomic mass is 35.5. The molecule has 0 saturated carbocycles. The van der Waals surface area contributed by atoms with Crippen molar-refractivity contribution in [3.05, 3.63) is 28.5 Å². The third kappa shape index (κ3) is 3.92. The molecule has 0 N–H and O–H groups in total. The first-order chi connectivity index (χ1) is 9.95. The van der Waals surface area contributed by atoms with Gasteiger partial charge in [0.2, 0.25) is 0 Å². The average Bonchev–Trinajstić information content (AvgIpc) is 2.82. The van der Waals surface area contributed by atoms with Crippen LogP contribution in [0.3, 0.4) is 0 Å². The van der Waals surface area contributed by atoms with E-state index >= 15 is 0 Å². The quantitative estimate of drug-likeness (QED) is 0.535. The van der Waals surface area contributed by atoms with Crippen molar-refractivity contribution in [2.45, 2.75) is 64.8 Å². The van der Waals surface area contributed by atoms with E-state index in [1.54, 1.807) is 0 Å². The van der Waals surface area contributed by atoms with Crippen molar-refractivity contribution in [2.24, 2.45) is 0 Å². The third-order valence-corrected chi connectivity index (χ3v) is 4.86. The molecule has 0 saturated heterocycles. The minimum atomic E-state index is 0.0398. The number of fused-ring (bicyclic) bond motifs is 1. The van der Waals surface area contributed by atoms with Gasteiger partial charge in [-0.05, 0) is 32.4 Å². The predicted molar refractivity (Wildman–Crippen MR) is 92.5 cm³/mol. The summed E-state index contributed by atoms with van der Waals surface area (Å²) in [5, 5.41) is 1.15. The van der Waals surface area contributed by atoms with Crippen LogP contribution in [0, 0.1) is 0 Å². The van der Waals surface area contributed by atoms with Crippen LogP contribution in [0.1, 0.15) is 59.3 Å². The number of rotatable bonds is 7. The summed E-state index contributed by atoms with van der Waals surface area (Å²) in [6.07, 6.45) is 9.55. The normalized spacial score (nSPS) is 12.2. The zero-order valence-electron chi connectivity index (χ0n) is 13.1. The Kier molecular flexibility index (Phi) is 5.56. The van der Waals surface area contributed by atoms with E-state index in [0.717, 1.165) is 17.5 Å². The molecule has 1 aromatic heterocycles. The molecule has 0 fully saturated rings. The van der Waals surface area contributed by atoms with Crippen molar-refractivity contribution in [3.8, 4) is 0 Å². The Bertz CT molecular complexity index is 602. The van der Waals surface area contributed by atoms with Gasteiger partial charge in [-0.25, -0.2) is 4.98 Å². The number of benzene rings is 1. The van der Waals surface area contributed by atoms with Crippen LogP contribution in [0.4, 0.5) is 0 Å². The van der Waals surface area contributed by atoms with E-state index in [4.69, 9.17) is 23.2 Å². The van der Waals surface area contributed by atoms with E-state index in [1.165, 1.54) is 32.1 Å². The van der Waals surface area contributed by atoms with Crippen molar-refractivity contribution in [3.63, 3.8) is 0 Å². The van der Waals surface area contributed by atoms with Crippen molar-refractivity contribution < 1.29 is 0 Å². The number of nitrogens with zero attached hydrogens (tertiary/aromatic N) is 2. The number of aromatic nitrogens is 2. The molecule has 0 radical (unpaired) electrons. The second-order valence-electron chi connectivity index (χ2n) is 6.35. The molecule has 0 aliphatic heterocycles. The van der Waals surface area contributed by atoms with Crippen LogP contribution in [0.5, 0.6) is 0 Å². The van der Waals surface area contributed by atoms with Gasteiger partial charge in [-0.3, -0.25) is 0 Å². The third-order valence-electron chi connectivity index (χ3n) is 4.13. The molecule has 21 heavy (non-hydrogen) atoms. The maximum absolute atomic E-state index is 6.16. The molecule has 0 amide bonds. The monoisotopic (exact) mass is 326 g/mol. The smallest absolute Gasteiger partial charge is 0.0963 e. The van der Waals surface area contributed by atoms with E-state index < -0.39 is 0 Å². The highest BCUT2D eigenvalue weighted by molar-refractivity contribution is 6.42. The zero-order valence-corrected chi connectivity index (χ0v) is 14.6. The highest BCUT2D eigenvalue weighted by Crippen LogP contribution is 2.32. The van der Waals surface area contributed by atoms with Crippen molar-refractivity contribution in [1.82, 2.24) is 9.55 Å². The SMILES string of the molecule is CCCCCCCC(C)(C)n1cnc2cc(Cl)c(Cl)cc21. The van der Waals surface area contributed by atoms with E-state index in [0.29, 0.717) is 10.0 Å². The molecule has 116 valence electrons. The summed E-state index contributed by atoms with van der Waals surface area (Å²) < 4.78 is 2.23. The molecule has 0 unspecified atom stereocenters. The zero-order chi connectivity index (χ0) is 15.5.